The van der Waals surface area contributed by atoms with Crippen molar-refractivity contribution in [3.8, 4) is 10.6 Å². The summed E-state index contributed by atoms with van der Waals surface area (Å²) in [6.45, 7) is 0. The second kappa shape index (κ2) is 4.95. The SMILES string of the molecule is ClCc1nnc(-c2cc(Cl)ccc2I)s1. The highest BCUT2D eigenvalue weighted by molar-refractivity contribution is 14.1. The molecular weight excluding hydrogens is 366 g/mol. The van der Waals surface area contributed by atoms with E-state index in [9.17, 15) is 0 Å². The van der Waals surface area contributed by atoms with Gasteiger partial charge in [0.25, 0.3) is 0 Å². The third-order valence-corrected chi connectivity index (χ3v) is 4.28. The Morgan fingerprint density at radius 1 is 1.33 bits per heavy atom. The minimum Gasteiger partial charge on any atom is -0.142 e. The van der Waals surface area contributed by atoms with Gasteiger partial charge in [-0.05, 0) is 40.8 Å². The molecule has 0 bridgehead atoms. The Bertz CT molecular complexity index is 487. The first kappa shape index (κ1) is 11.6. The van der Waals surface area contributed by atoms with Gasteiger partial charge in [0.05, 0.1) is 5.88 Å². The fraction of sp³-hybridized carbons (Fsp3) is 0.111. The zero-order chi connectivity index (χ0) is 10.8. The monoisotopic (exact) mass is 370 g/mol. The van der Waals surface area contributed by atoms with E-state index in [4.69, 9.17) is 23.2 Å². The predicted octanol–water partition coefficient (Wildman–Crippen LogP) is 4.20. The van der Waals surface area contributed by atoms with Crippen LogP contribution in [0.1, 0.15) is 5.01 Å². The third-order valence-electron chi connectivity index (χ3n) is 1.74. The first-order valence-electron chi connectivity index (χ1n) is 4.04. The minimum absolute atomic E-state index is 0.398. The molecule has 2 nitrogen and oxygen atoms in total. The largest absolute Gasteiger partial charge is 0.148 e. The first-order valence-corrected chi connectivity index (χ1v) is 6.85. The van der Waals surface area contributed by atoms with Crippen molar-refractivity contribution in [1.82, 2.24) is 10.2 Å². The summed E-state index contributed by atoms with van der Waals surface area (Å²) in [7, 11) is 0. The molecule has 0 unspecified atom stereocenters. The van der Waals surface area contributed by atoms with E-state index in [2.05, 4.69) is 32.8 Å². The highest BCUT2D eigenvalue weighted by Gasteiger charge is 2.09. The molecule has 0 spiro atoms. The van der Waals surface area contributed by atoms with E-state index in [1.807, 2.05) is 18.2 Å². The molecule has 2 rings (SSSR count). The predicted molar refractivity (Wildman–Crippen MR) is 72.6 cm³/mol. The number of benzene rings is 1. The number of alkyl halides is 1. The maximum absolute atomic E-state index is 5.93. The number of hydrogen-bond acceptors (Lipinski definition) is 3. The zero-order valence-electron chi connectivity index (χ0n) is 7.38. The van der Waals surface area contributed by atoms with Gasteiger partial charge < -0.3 is 0 Å². The highest BCUT2D eigenvalue weighted by Crippen LogP contribution is 2.30. The van der Waals surface area contributed by atoms with Crippen LogP contribution in [0.2, 0.25) is 5.02 Å². The van der Waals surface area contributed by atoms with Gasteiger partial charge in [-0.1, -0.05) is 22.9 Å². The molecule has 0 saturated heterocycles. The number of aromatic nitrogens is 2. The van der Waals surface area contributed by atoms with Gasteiger partial charge in [0.1, 0.15) is 10.0 Å². The Labute approximate surface area is 115 Å². The van der Waals surface area contributed by atoms with E-state index in [1.54, 1.807) is 0 Å². The molecule has 0 saturated carbocycles. The van der Waals surface area contributed by atoms with Crippen molar-refractivity contribution in [3.63, 3.8) is 0 Å². The molecule has 0 radical (unpaired) electrons. The van der Waals surface area contributed by atoms with Crippen molar-refractivity contribution in [3.05, 3.63) is 31.8 Å². The first-order chi connectivity index (χ1) is 7.20. The molecule has 78 valence electrons. The van der Waals surface area contributed by atoms with E-state index in [0.29, 0.717) is 10.9 Å². The second-order valence-electron chi connectivity index (χ2n) is 2.76. The van der Waals surface area contributed by atoms with E-state index in [1.165, 1.54) is 11.3 Å². The molecule has 1 aromatic heterocycles. The van der Waals surface area contributed by atoms with Crippen molar-refractivity contribution >= 4 is 57.1 Å². The average molecular weight is 371 g/mol. The topological polar surface area (TPSA) is 25.8 Å². The van der Waals surface area contributed by atoms with Crippen LogP contribution < -0.4 is 0 Å². The summed E-state index contributed by atoms with van der Waals surface area (Å²) in [5.74, 6) is 0.398. The maximum Gasteiger partial charge on any atom is 0.148 e. The van der Waals surface area contributed by atoms with Gasteiger partial charge in [-0.3, -0.25) is 0 Å². The van der Waals surface area contributed by atoms with Crippen LogP contribution in [0.15, 0.2) is 18.2 Å². The van der Waals surface area contributed by atoms with Gasteiger partial charge in [-0.25, -0.2) is 0 Å². The van der Waals surface area contributed by atoms with Crippen molar-refractivity contribution in [2.75, 3.05) is 0 Å². The molecule has 2 aromatic rings. The van der Waals surface area contributed by atoms with Crippen LogP contribution in [0, 0.1) is 3.57 Å². The van der Waals surface area contributed by atoms with Gasteiger partial charge in [0.15, 0.2) is 0 Å². The standard InChI is InChI=1S/C9H5Cl2IN2S/c10-4-8-13-14-9(15-8)6-3-5(11)1-2-7(6)12/h1-3H,4H2. The van der Waals surface area contributed by atoms with Crippen molar-refractivity contribution in [2.45, 2.75) is 5.88 Å². The Kier molecular flexibility index (Phi) is 3.82. The molecule has 0 amide bonds. The van der Waals surface area contributed by atoms with Crippen molar-refractivity contribution in [1.29, 1.82) is 0 Å². The van der Waals surface area contributed by atoms with Gasteiger partial charge >= 0.3 is 0 Å². The number of rotatable bonds is 2. The molecule has 0 fully saturated rings. The number of halogens is 3. The molecule has 0 atom stereocenters. The molecule has 6 heteroatoms. The smallest absolute Gasteiger partial charge is 0.142 e. The van der Waals surface area contributed by atoms with Gasteiger partial charge in [0.2, 0.25) is 0 Å². The molecular formula is C9H5Cl2IN2S. The van der Waals surface area contributed by atoms with Crippen molar-refractivity contribution in [2.24, 2.45) is 0 Å². The van der Waals surface area contributed by atoms with Gasteiger partial charge in [0, 0.05) is 14.2 Å². The molecule has 1 aromatic carbocycles. The Balaban J connectivity index is 2.48. The van der Waals surface area contributed by atoms with Crippen LogP contribution in [0.3, 0.4) is 0 Å². The highest BCUT2D eigenvalue weighted by atomic mass is 127. The van der Waals surface area contributed by atoms with Crippen LogP contribution in [0.4, 0.5) is 0 Å². The van der Waals surface area contributed by atoms with Gasteiger partial charge in [-0.15, -0.1) is 21.8 Å². The maximum atomic E-state index is 5.93. The molecule has 0 aliphatic rings. The van der Waals surface area contributed by atoms with Gasteiger partial charge in [-0.2, -0.15) is 0 Å². The van der Waals surface area contributed by atoms with E-state index < -0.39 is 0 Å². The summed E-state index contributed by atoms with van der Waals surface area (Å²) in [6.07, 6.45) is 0. The lowest BCUT2D eigenvalue weighted by molar-refractivity contribution is 1.04. The molecule has 1 heterocycles. The van der Waals surface area contributed by atoms with Crippen LogP contribution in [0.25, 0.3) is 10.6 Å². The summed E-state index contributed by atoms with van der Waals surface area (Å²) in [4.78, 5) is 0. The molecule has 0 aliphatic carbocycles. The van der Waals surface area contributed by atoms with Crippen LogP contribution in [-0.2, 0) is 5.88 Å². The van der Waals surface area contributed by atoms with Crippen molar-refractivity contribution < 1.29 is 0 Å². The molecule has 15 heavy (non-hydrogen) atoms. The Morgan fingerprint density at radius 2 is 2.13 bits per heavy atom. The summed E-state index contributed by atoms with van der Waals surface area (Å²) >= 11 is 15.4. The van der Waals surface area contributed by atoms with E-state index in [0.717, 1.165) is 19.1 Å². The lowest BCUT2D eigenvalue weighted by Gasteiger charge is -1.99. The quantitative estimate of drug-likeness (QED) is 0.584. The van der Waals surface area contributed by atoms with Crippen LogP contribution in [-0.4, -0.2) is 10.2 Å². The molecule has 0 aliphatic heterocycles. The summed E-state index contributed by atoms with van der Waals surface area (Å²) in [5.41, 5.74) is 1.01. The average Bonchev–Trinajstić information content (AvgIpc) is 2.70. The summed E-state index contributed by atoms with van der Waals surface area (Å²) < 4.78 is 1.11. The Hall–Kier alpha value is 0.0900. The van der Waals surface area contributed by atoms with E-state index in [-0.39, 0.29) is 0 Å². The zero-order valence-corrected chi connectivity index (χ0v) is 11.9. The Morgan fingerprint density at radius 3 is 2.80 bits per heavy atom. The summed E-state index contributed by atoms with van der Waals surface area (Å²) in [6, 6.07) is 5.71. The summed E-state index contributed by atoms with van der Waals surface area (Å²) in [5, 5.41) is 10.4. The second-order valence-corrected chi connectivity index (χ2v) is 5.69. The van der Waals surface area contributed by atoms with E-state index >= 15 is 0 Å². The fourth-order valence-corrected chi connectivity index (χ4v) is 2.96. The lowest BCUT2D eigenvalue weighted by Crippen LogP contribution is -1.82. The molecule has 0 N–H and O–H groups in total. The number of nitrogens with zero attached hydrogens (tertiary/aromatic N) is 2. The van der Waals surface area contributed by atoms with Crippen LogP contribution in [0.5, 0.6) is 0 Å². The lowest BCUT2D eigenvalue weighted by atomic mass is 10.2. The third kappa shape index (κ3) is 2.61. The minimum atomic E-state index is 0.398. The van der Waals surface area contributed by atoms with Crippen LogP contribution >= 0.6 is 57.1 Å². The fourth-order valence-electron chi connectivity index (χ4n) is 1.08. The normalized spacial score (nSPS) is 10.6. The number of hydrogen-bond donors (Lipinski definition) is 0.